The highest BCUT2D eigenvalue weighted by Gasteiger charge is 2.26. The monoisotopic (exact) mass is 427 g/mol. The molecular weight excluding hydrogens is 406 g/mol. The number of aromatic amines is 1. The molecule has 3 rings (SSSR count). The maximum Gasteiger partial charge on any atom is 0.348 e. The Kier molecular flexibility index (Phi) is 6.31. The van der Waals surface area contributed by atoms with Crippen molar-refractivity contribution in [2.75, 3.05) is 13.7 Å². The average Bonchev–Trinajstić information content (AvgIpc) is 3.22. The van der Waals surface area contributed by atoms with Crippen molar-refractivity contribution in [2.45, 2.75) is 20.8 Å². The maximum absolute atomic E-state index is 12.8. The number of carbonyl (C=O) groups excluding carboxylic acids is 2. The number of H-pyrrole nitrogens is 1. The highest BCUT2D eigenvalue weighted by molar-refractivity contribution is 7.18. The van der Waals surface area contributed by atoms with E-state index < -0.39 is 11.9 Å². The molecule has 1 N–H and O–H groups in total. The molecule has 0 aliphatic rings. The summed E-state index contributed by atoms with van der Waals surface area (Å²) in [4.78, 5) is 41.9. The number of aliphatic imine (C=N–C) groups is 1. The van der Waals surface area contributed by atoms with Gasteiger partial charge in [0.1, 0.15) is 15.4 Å². The number of methoxy groups -OCH3 is 1. The van der Waals surface area contributed by atoms with Gasteiger partial charge in [0.15, 0.2) is 0 Å². The SMILES string of the molecule is CCOC(=O)c1sc(/N=C/c2c(C)[nH]n(-c3ccccc3)c2=O)c(C(=O)OC)c1C. The van der Waals surface area contributed by atoms with Crippen LogP contribution >= 0.6 is 11.3 Å². The summed E-state index contributed by atoms with van der Waals surface area (Å²) in [6.45, 7) is 5.31. The van der Waals surface area contributed by atoms with E-state index >= 15 is 0 Å². The summed E-state index contributed by atoms with van der Waals surface area (Å²) in [6.07, 6.45) is 1.39. The van der Waals surface area contributed by atoms with E-state index in [0.717, 1.165) is 11.3 Å². The van der Waals surface area contributed by atoms with Crippen molar-refractivity contribution in [3.05, 3.63) is 67.9 Å². The summed E-state index contributed by atoms with van der Waals surface area (Å²) < 4.78 is 11.3. The molecule has 0 atom stereocenters. The van der Waals surface area contributed by atoms with Crippen molar-refractivity contribution >= 4 is 34.5 Å². The van der Waals surface area contributed by atoms with Crippen LogP contribution in [0.4, 0.5) is 5.00 Å². The van der Waals surface area contributed by atoms with E-state index in [-0.39, 0.29) is 27.6 Å². The molecule has 2 aromatic heterocycles. The lowest BCUT2D eigenvalue weighted by molar-refractivity contribution is 0.0531. The zero-order valence-corrected chi connectivity index (χ0v) is 17.8. The second-order valence-electron chi connectivity index (χ2n) is 6.33. The summed E-state index contributed by atoms with van der Waals surface area (Å²) in [7, 11) is 1.26. The number of ether oxygens (including phenoxy) is 2. The van der Waals surface area contributed by atoms with E-state index in [1.807, 2.05) is 30.3 Å². The first-order chi connectivity index (χ1) is 14.4. The van der Waals surface area contributed by atoms with Crippen molar-refractivity contribution in [3.8, 4) is 5.69 Å². The van der Waals surface area contributed by atoms with Crippen LogP contribution in [0.15, 0.2) is 40.1 Å². The zero-order valence-electron chi connectivity index (χ0n) is 17.0. The quantitative estimate of drug-likeness (QED) is 0.479. The summed E-state index contributed by atoms with van der Waals surface area (Å²) in [6, 6.07) is 9.14. The number of hydrogen-bond donors (Lipinski definition) is 1. The molecule has 156 valence electrons. The van der Waals surface area contributed by atoms with E-state index in [0.29, 0.717) is 22.5 Å². The number of nitrogens with one attached hydrogen (secondary N) is 1. The van der Waals surface area contributed by atoms with Crippen LogP contribution in [0.25, 0.3) is 5.69 Å². The van der Waals surface area contributed by atoms with E-state index in [4.69, 9.17) is 9.47 Å². The molecule has 30 heavy (non-hydrogen) atoms. The molecule has 0 bridgehead atoms. The summed E-state index contributed by atoms with van der Waals surface area (Å²) in [5, 5.41) is 3.29. The number of rotatable bonds is 6. The van der Waals surface area contributed by atoms with Crippen molar-refractivity contribution in [3.63, 3.8) is 0 Å². The first kappa shape index (κ1) is 21.3. The van der Waals surface area contributed by atoms with E-state index in [2.05, 4.69) is 10.1 Å². The number of carbonyl (C=O) groups is 2. The van der Waals surface area contributed by atoms with Gasteiger partial charge in [-0.2, -0.15) is 0 Å². The number of aryl methyl sites for hydroxylation is 1. The first-order valence-electron chi connectivity index (χ1n) is 9.18. The molecule has 0 spiro atoms. The van der Waals surface area contributed by atoms with Crippen LogP contribution in [-0.4, -0.2) is 41.7 Å². The number of aromatic nitrogens is 2. The van der Waals surface area contributed by atoms with Crippen molar-refractivity contribution < 1.29 is 19.1 Å². The van der Waals surface area contributed by atoms with Crippen molar-refractivity contribution in [1.29, 1.82) is 0 Å². The number of para-hydroxylation sites is 1. The number of esters is 2. The third-order valence-corrected chi connectivity index (χ3v) is 5.60. The lowest BCUT2D eigenvalue weighted by Crippen LogP contribution is -2.17. The van der Waals surface area contributed by atoms with Gasteiger partial charge >= 0.3 is 11.9 Å². The van der Waals surface area contributed by atoms with Crippen LogP contribution in [0.1, 0.15) is 43.8 Å². The second kappa shape index (κ2) is 8.91. The van der Waals surface area contributed by atoms with E-state index in [1.165, 1.54) is 18.0 Å². The fourth-order valence-electron chi connectivity index (χ4n) is 2.92. The summed E-state index contributed by atoms with van der Waals surface area (Å²) >= 11 is 1.02. The Morgan fingerprint density at radius 1 is 1.20 bits per heavy atom. The standard InChI is InChI=1S/C21H21N3O5S/c1-5-29-21(27)17-12(2)16(20(26)28-4)18(30-17)22-11-15-13(3)23-24(19(15)25)14-9-7-6-8-10-14/h6-11,23H,5H2,1-4H3/b22-11+. The van der Waals surface area contributed by atoms with Gasteiger partial charge in [0.25, 0.3) is 5.56 Å². The van der Waals surface area contributed by atoms with Crippen molar-refractivity contribution in [2.24, 2.45) is 4.99 Å². The molecule has 3 aromatic rings. The Morgan fingerprint density at radius 3 is 2.53 bits per heavy atom. The Morgan fingerprint density at radius 2 is 1.90 bits per heavy atom. The smallest absolute Gasteiger partial charge is 0.348 e. The van der Waals surface area contributed by atoms with E-state index in [9.17, 15) is 14.4 Å². The molecule has 0 radical (unpaired) electrons. The zero-order chi connectivity index (χ0) is 21.8. The van der Waals surface area contributed by atoms with Gasteiger partial charge in [-0.05, 0) is 38.5 Å². The lowest BCUT2D eigenvalue weighted by atomic mass is 10.1. The van der Waals surface area contributed by atoms with Crippen LogP contribution in [-0.2, 0) is 9.47 Å². The van der Waals surface area contributed by atoms with Gasteiger partial charge in [-0.15, -0.1) is 11.3 Å². The van der Waals surface area contributed by atoms with Crippen LogP contribution in [0, 0.1) is 13.8 Å². The molecule has 9 heteroatoms. The van der Waals surface area contributed by atoms with Gasteiger partial charge in [0.05, 0.1) is 25.0 Å². The number of benzene rings is 1. The molecule has 8 nitrogen and oxygen atoms in total. The Balaban J connectivity index is 2.05. The van der Waals surface area contributed by atoms with Gasteiger partial charge < -0.3 is 9.47 Å². The van der Waals surface area contributed by atoms with Crippen LogP contribution < -0.4 is 5.56 Å². The first-order valence-corrected chi connectivity index (χ1v) is 10.0. The Labute approximate surface area is 176 Å². The molecule has 0 unspecified atom stereocenters. The minimum atomic E-state index is -0.612. The van der Waals surface area contributed by atoms with Crippen LogP contribution in [0.5, 0.6) is 0 Å². The Bertz CT molecular complexity index is 1170. The molecule has 0 amide bonds. The molecule has 0 aliphatic carbocycles. The molecule has 0 saturated carbocycles. The molecule has 0 saturated heterocycles. The van der Waals surface area contributed by atoms with Crippen LogP contribution in [0.3, 0.4) is 0 Å². The van der Waals surface area contributed by atoms with Crippen LogP contribution in [0.2, 0.25) is 0 Å². The Hall–Kier alpha value is -3.46. The molecular formula is C21H21N3O5S. The molecule has 2 heterocycles. The lowest BCUT2D eigenvalue weighted by Gasteiger charge is -2.01. The predicted octanol–water partition coefficient (Wildman–Crippen LogP) is 3.56. The van der Waals surface area contributed by atoms with Gasteiger partial charge in [-0.1, -0.05) is 18.2 Å². The minimum absolute atomic E-state index is 0.179. The molecule has 0 fully saturated rings. The van der Waals surface area contributed by atoms with Gasteiger partial charge in [0.2, 0.25) is 0 Å². The highest BCUT2D eigenvalue weighted by atomic mass is 32.1. The van der Waals surface area contributed by atoms with Gasteiger partial charge in [-0.3, -0.25) is 9.89 Å². The second-order valence-corrected chi connectivity index (χ2v) is 7.33. The topological polar surface area (TPSA) is 103 Å². The highest BCUT2D eigenvalue weighted by Crippen LogP contribution is 2.36. The predicted molar refractivity (Wildman–Crippen MR) is 115 cm³/mol. The summed E-state index contributed by atoms with van der Waals surface area (Å²) in [5.74, 6) is -1.14. The normalized spacial score (nSPS) is 11.1. The fraction of sp³-hybridized carbons (Fsp3) is 0.238. The van der Waals surface area contributed by atoms with E-state index in [1.54, 1.807) is 20.8 Å². The fourth-order valence-corrected chi connectivity index (χ4v) is 3.95. The minimum Gasteiger partial charge on any atom is -0.465 e. The van der Waals surface area contributed by atoms with Crippen molar-refractivity contribution in [1.82, 2.24) is 9.78 Å². The summed E-state index contributed by atoms with van der Waals surface area (Å²) in [5.41, 5.74) is 1.99. The largest absolute Gasteiger partial charge is 0.465 e. The molecule has 1 aromatic carbocycles. The molecule has 0 aliphatic heterocycles. The third kappa shape index (κ3) is 3.97. The average molecular weight is 427 g/mol. The third-order valence-electron chi connectivity index (χ3n) is 4.42. The maximum atomic E-state index is 12.8. The number of hydrogen-bond acceptors (Lipinski definition) is 7. The van der Waals surface area contributed by atoms with Gasteiger partial charge in [-0.25, -0.2) is 19.3 Å². The number of thiophene rings is 1. The number of nitrogens with zero attached hydrogens (tertiary/aromatic N) is 2. The van der Waals surface area contributed by atoms with Gasteiger partial charge in [0, 0.05) is 11.9 Å².